The first-order chi connectivity index (χ1) is 11.7. The van der Waals surface area contributed by atoms with E-state index in [9.17, 15) is 0 Å². The maximum Gasteiger partial charge on any atom is 0.164 e. The highest BCUT2D eigenvalue weighted by Gasteiger charge is 2.24. The highest BCUT2D eigenvalue weighted by Crippen LogP contribution is 2.31. The topological polar surface area (TPSA) is 58.9 Å². The lowest BCUT2D eigenvalue weighted by atomic mass is 10.2. The average Bonchev–Trinajstić information content (AvgIpc) is 3.32. The van der Waals surface area contributed by atoms with E-state index in [1.165, 1.54) is 30.8 Å². The Bertz CT molecular complexity index is 825. The number of hydrogen-bond donors (Lipinski definition) is 1. The first-order valence-electron chi connectivity index (χ1n) is 8.08. The molecule has 126 valence electrons. The van der Waals surface area contributed by atoms with Crippen LogP contribution >= 0.6 is 27.3 Å². The zero-order chi connectivity index (χ0) is 16.5. The molecule has 1 N–H and O–H groups in total. The number of likely N-dealkylation sites (tertiary alicyclic amines) is 1. The monoisotopic (exact) mass is 406 g/mol. The number of nitrogens with one attached hydrogen (secondary N) is 1. The third-order valence-corrected chi connectivity index (χ3v) is 6.02. The second kappa shape index (κ2) is 6.78. The molecule has 0 aliphatic carbocycles. The first kappa shape index (κ1) is 16.0. The van der Waals surface area contributed by atoms with Crippen LogP contribution < -0.4 is 5.32 Å². The molecule has 0 bridgehead atoms. The summed E-state index contributed by atoms with van der Waals surface area (Å²) in [5.41, 5.74) is 0.827. The second-order valence-electron chi connectivity index (χ2n) is 5.99. The molecule has 0 radical (unpaired) electrons. The van der Waals surface area contributed by atoms with Crippen LogP contribution in [0.15, 0.2) is 28.4 Å². The highest BCUT2D eigenvalue weighted by molar-refractivity contribution is 9.10. The Hall–Kier alpha value is -1.51. The van der Waals surface area contributed by atoms with Gasteiger partial charge in [-0.3, -0.25) is 4.90 Å². The fourth-order valence-electron chi connectivity index (χ4n) is 3.31. The molecular formula is C16H19BrN6S. The Morgan fingerprint density at radius 2 is 2.17 bits per heavy atom. The smallest absolute Gasteiger partial charge is 0.164 e. The fourth-order valence-corrected chi connectivity index (χ4v) is 4.78. The Morgan fingerprint density at radius 1 is 1.33 bits per heavy atom. The standard InChI is InChI=1S/C16H19BrN6S/c1-22-16-13(14(17)21-22)15(19-10-20-16)18-9-11(12-5-4-8-24-12)23-6-2-3-7-23/h4-5,8,10-11H,2-3,6-7,9H2,1H3,(H,18,19,20). The predicted molar refractivity (Wildman–Crippen MR) is 100 cm³/mol. The van der Waals surface area contributed by atoms with Crippen LogP contribution in [0, 0.1) is 0 Å². The van der Waals surface area contributed by atoms with Gasteiger partial charge in [-0.2, -0.15) is 5.10 Å². The van der Waals surface area contributed by atoms with Gasteiger partial charge >= 0.3 is 0 Å². The van der Waals surface area contributed by atoms with Crippen LogP contribution in [-0.4, -0.2) is 44.3 Å². The molecule has 3 aromatic heterocycles. The minimum Gasteiger partial charge on any atom is -0.367 e. The Morgan fingerprint density at radius 3 is 2.92 bits per heavy atom. The molecular weight excluding hydrogens is 388 g/mol. The molecule has 6 nitrogen and oxygen atoms in total. The van der Waals surface area contributed by atoms with Crippen molar-refractivity contribution in [1.29, 1.82) is 0 Å². The fraction of sp³-hybridized carbons (Fsp3) is 0.438. The summed E-state index contributed by atoms with van der Waals surface area (Å²) in [5.74, 6) is 0.834. The van der Waals surface area contributed by atoms with Gasteiger partial charge in [0.05, 0.1) is 11.4 Å². The predicted octanol–water partition coefficient (Wildman–Crippen LogP) is 3.44. The number of fused-ring (bicyclic) bond motifs is 1. The van der Waals surface area contributed by atoms with Crippen LogP contribution in [0.4, 0.5) is 5.82 Å². The lowest BCUT2D eigenvalue weighted by Crippen LogP contribution is -2.30. The summed E-state index contributed by atoms with van der Waals surface area (Å²) in [6, 6.07) is 4.74. The minimum atomic E-state index is 0.382. The minimum absolute atomic E-state index is 0.382. The summed E-state index contributed by atoms with van der Waals surface area (Å²) in [5, 5.41) is 11.0. The number of halogens is 1. The Kier molecular flexibility index (Phi) is 4.51. The van der Waals surface area contributed by atoms with Crippen molar-refractivity contribution >= 4 is 44.1 Å². The summed E-state index contributed by atoms with van der Waals surface area (Å²) >= 11 is 5.34. The quantitative estimate of drug-likeness (QED) is 0.702. The van der Waals surface area contributed by atoms with Crippen molar-refractivity contribution in [3.05, 3.63) is 33.3 Å². The van der Waals surface area contributed by atoms with E-state index in [1.54, 1.807) is 11.0 Å². The lowest BCUT2D eigenvalue weighted by Gasteiger charge is -2.27. The van der Waals surface area contributed by atoms with Crippen molar-refractivity contribution in [3.63, 3.8) is 0 Å². The lowest BCUT2D eigenvalue weighted by molar-refractivity contribution is 0.259. The first-order valence-corrected chi connectivity index (χ1v) is 9.76. The second-order valence-corrected chi connectivity index (χ2v) is 7.72. The van der Waals surface area contributed by atoms with Crippen LogP contribution in [0.1, 0.15) is 23.8 Å². The third kappa shape index (κ3) is 2.94. The highest BCUT2D eigenvalue weighted by atomic mass is 79.9. The molecule has 1 fully saturated rings. The van der Waals surface area contributed by atoms with E-state index in [4.69, 9.17) is 0 Å². The van der Waals surface area contributed by atoms with Crippen molar-refractivity contribution in [1.82, 2.24) is 24.6 Å². The van der Waals surface area contributed by atoms with Crippen molar-refractivity contribution in [2.24, 2.45) is 7.05 Å². The molecule has 8 heteroatoms. The van der Waals surface area contributed by atoms with Crippen molar-refractivity contribution < 1.29 is 0 Å². The van der Waals surface area contributed by atoms with E-state index in [0.717, 1.165) is 28.0 Å². The van der Waals surface area contributed by atoms with Gasteiger partial charge in [-0.1, -0.05) is 6.07 Å². The maximum absolute atomic E-state index is 4.44. The largest absolute Gasteiger partial charge is 0.367 e. The van der Waals surface area contributed by atoms with Gasteiger partial charge in [0.25, 0.3) is 0 Å². The van der Waals surface area contributed by atoms with E-state index in [0.29, 0.717) is 6.04 Å². The molecule has 0 saturated carbocycles. The van der Waals surface area contributed by atoms with Crippen LogP contribution in [0.25, 0.3) is 11.0 Å². The average molecular weight is 407 g/mol. The molecule has 0 spiro atoms. The molecule has 1 aliphatic rings. The normalized spacial score (nSPS) is 16.8. The number of hydrogen-bond acceptors (Lipinski definition) is 6. The van der Waals surface area contributed by atoms with Crippen LogP contribution in [-0.2, 0) is 7.05 Å². The van der Waals surface area contributed by atoms with Gasteiger partial charge in [0.15, 0.2) is 5.65 Å². The number of aryl methyl sites for hydroxylation is 1. The van der Waals surface area contributed by atoms with Crippen LogP contribution in [0.3, 0.4) is 0 Å². The van der Waals surface area contributed by atoms with Crippen molar-refractivity contribution in [2.45, 2.75) is 18.9 Å². The van der Waals surface area contributed by atoms with Gasteiger partial charge in [-0.15, -0.1) is 11.3 Å². The van der Waals surface area contributed by atoms with E-state index in [2.05, 4.69) is 58.7 Å². The molecule has 1 atom stereocenters. The van der Waals surface area contributed by atoms with Crippen molar-refractivity contribution in [2.75, 3.05) is 25.0 Å². The van der Waals surface area contributed by atoms with Gasteiger partial charge in [0.2, 0.25) is 0 Å². The summed E-state index contributed by atoms with van der Waals surface area (Å²) in [4.78, 5) is 12.7. The zero-order valence-electron chi connectivity index (χ0n) is 13.4. The van der Waals surface area contributed by atoms with Gasteiger partial charge in [0, 0.05) is 18.5 Å². The molecule has 1 saturated heterocycles. The van der Waals surface area contributed by atoms with Crippen LogP contribution in [0.2, 0.25) is 0 Å². The maximum atomic E-state index is 4.44. The number of rotatable bonds is 5. The molecule has 1 aliphatic heterocycles. The summed E-state index contributed by atoms with van der Waals surface area (Å²) in [6.07, 6.45) is 4.16. The summed E-state index contributed by atoms with van der Waals surface area (Å²) in [7, 11) is 1.89. The van der Waals surface area contributed by atoms with E-state index < -0.39 is 0 Å². The Balaban J connectivity index is 1.60. The van der Waals surface area contributed by atoms with E-state index in [-0.39, 0.29) is 0 Å². The molecule has 3 aromatic rings. The SMILES string of the molecule is Cn1nc(Br)c2c(NCC(c3cccs3)N3CCCC3)ncnc21. The number of thiophene rings is 1. The molecule has 4 rings (SSSR count). The van der Waals surface area contributed by atoms with Gasteiger partial charge in [-0.05, 0) is 53.3 Å². The number of anilines is 1. The number of aromatic nitrogens is 4. The van der Waals surface area contributed by atoms with Crippen molar-refractivity contribution in [3.8, 4) is 0 Å². The van der Waals surface area contributed by atoms with E-state index >= 15 is 0 Å². The molecule has 4 heterocycles. The van der Waals surface area contributed by atoms with E-state index in [1.807, 2.05) is 18.4 Å². The zero-order valence-corrected chi connectivity index (χ0v) is 15.8. The Labute approximate surface area is 153 Å². The van der Waals surface area contributed by atoms with Gasteiger partial charge in [0.1, 0.15) is 16.7 Å². The molecule has 1 unspecified atom stereocenters. The third-order valence-electron chi connectivity index (χ3n) is 4.49. The van der Waals surface area contributed by atoms with Crippen LogP contribution in [0.5, 0.6) is 0 Å². The molecule has 0 amide bonds. The number of nitrogens with zero attached hydrogens (tertiary/aromatic N) is 5. The molecule has 0 aromatic carbocycles. The van der Waals surface area contributed by atoms with Gasteiger partial charge in [-0.25, -0.2) is 14.6 Å². The summed E-state index contributed by atoms with van der Waals surface area (Å²) in [6.45, 7) is 3.16. The summed E-state index contributed by atoms with van der Waals surface area (Å²) < 4.78 is 2.54. The molecule has 24 heavy (non-hydrogen) atoms. The van der Waals surface area contributed by atoms with Gasteiger partial charge < -0.3 is 5.32 Å².